The summed E-state index contributed by atoms with van der Waals surface area (Å²) in [6, 6.07) is 0. The lowest BCUT2D eigenvalue weighted by Gasteiger charge is -2.68. The number of aryl methyl sites for hydroxylation is 1. The molecule has 3 fully saturated rings. The fourth-order valence-corrected chi connectivity index (χ4v) is 3.18. The summed E-state index contributed by atoms with van der Waals surface area (Å²) in [6.07, 6.45) is 2.24. The number of nitrogens with zero attached hydrogens (tertiary/aromatic N) is 2. The van der Waals surface area contributed by atoms with Crippen molar-refractivity contribution in [1.82, 2.24) is 15.5 Å². The van der Waals surface area contributed by atoms with Gasteiger partial charge in [0.1, 0.15) is 5.60 Å². The summed E-state index contributed by atoms with van der Waals surface area (Å²) in [7, 11) is 0. The summed E-state index contributed by atoms with van der Waals surface area (Å²) >= 11 is 0. The monoisotopic (exact) mass is 265 g/mol. The average molecular weight is 265 g/mol. The fraction of sp³-hybridized carbons (Fsp3) is 0.769. The van der Waals surface area contributed by atoms with E-state index in [1.807, 2.05) is 20.8 Å². The maximum atomic E-state index is 11.8. The average Bonchev–Trinajstić information content (AvgIpc) is 2.52. The van der Waals surface area contributed by atoms with Gasteiger partial charge in [-0.15, -0.1) is 10.2 Å². The number of carbonyl (C=O) groups excluding carboxylic acids is 1. The summed E-state index contributed by atoms with van der Waals surface area (Å²) in [6.45, 7) is 7.36. The van der Waals surface area contributed by atoms with Crippen LogP contribution in [0.4, 0.5) is 4.79 Å². The first-order valence-electron chi connectivity index (χ1n) is 6.54. The molecule has 6 heteroatoms. The third-order valence-electron chi connectivity index (χ3n) is 3.78. The van der Waals surface area contributed by atoms with Gasteiger partial charge in [-0.1, -0.05) is 0 Å². The molecule has 1 aromatic rings. The zero-order valence-electron chi connectivity index (χ0n) is 11.7. The van der Waals surface area contributed by atoms with Crippen molar-refractivity contribution in [3.05, 3.63) is 11.8 Å². The predicted molar refractivity (Wildman–Crippen MR) is 66.7 cm³/mol. The van der Waals surface area contributed by atoms with Crippen LogP contribution in [0.1, 0.15) is 51.8 Å². The van der Waals surface area contributed by atoms with E-state index < -0.39 is 5.60 Å². The van der Waals surface area contributed by atoms with E-state index in [9.17, 15) is 4.79 Å². The van der Waals surface area contributed by atoms with Crippen LogP contribution in [0.5, 0.6) is 0 Å². The second-order valence-corrected chi connectivity index (χ2v) is 6.84. The molecular formula is C13H19N3O3. The van der Waals surface area contributed by atoms with Gasteiger partial charge in [-0.25, -0.2) is 4.79 Å². The molecule has 0 saturated heterocycles. The van der Waals surface area contributed by atoms with Crippen molar-refractivity contribution < 1.29 is 13.9 Å². The summed E-state index contributed by atoms with van der Waals surface area (Å²) in [4.78, 5) is 11.8. The Morgan fingerprint density at radius 1 is 1.32 bits per heavy atom. The number of rotatable bonds is 2. The molecule has 3 aliphatic rings. The topological polar surface area (TPSA) is 77.2 Å². The Balaban J connectivity index is 1.57. The molecule has 19 heavy (non-hydrogen) atoms. The molecule has 2 bridgehead atoms. The number of nitrogens with one attached hydrogen (secondary N) is 1. The Kier molecular flexibility index (Phi) is 2.29. The van der Waals surface area contributed by atoms with Crippen LogP contribution in [-0.2, 0) is 10.2 Å². The summed E-state index contributed by atoms with van der Waals surface area (Å²) in [5, 5.41) is 10.9. The molecule has 3 aliphatic carbocycles. The quantitative estimate of drug-likeness (QED) is 0.885. The van der Waals surface area contributed by atoms with Crippen LogP contribution in [0.15, 0.2) is 4.42 Å². The van der Waals surface area contributed by atoms with Crippen LogP contribution in [-0.4, -0.2) is 27.4 Å². The molecule has 4 rings (SSSR count). The highest BCUT2D eigenvalue weighted by Gasteiger charge is 2.72. The minimum atomic E-state index is -0.463. The number of aromatic nitrogens is 2. The molecule has 0 aromatic carbocycles. The lowest BCUT2D eigenvalue weighted by Crippen LogP contribution is -2.77. The summed E-state index contributed by atoms with van der Waals surface area (Å²) in [5.41, 5.74) is -0.587. The third kappa shape index (κ3) is 1.99. The lowest BCUT2D eigenvalue weighted by atomic mass is 9.39. The van der Waals surface area contributed by atoms with Gasteiger partial charge in [0.2, 0.25) is 11.8 Å². The number of carbonyl (C=O) groups is 1. The van der Waals surface area contributed by atoms with Crippen molar-refractivity contribution in [1.29, 1.82) is 0 Å². The molecule has 0 unspecified atom stereocenters. The summed E-state index contributed by atoms with van der Waals surface area (Å²) < 4.78 is 10.8. The van der Waals surface area contributed by atoms with E-state index in [1.165, 1.54) is 0 Å². The Bertz CT molecular complexity index is 510. The first kappa shape index (κ1) is 12.4. The van der Waals surface area contributed by atoms with Crippen molar-refractivity contribution >= 4 is 6.09 Å². The van der Waals surface area contributed by atoms with Gasteiger partial charge in [0, 0.05) is 12.5 Å². The van der Waals surface area contributed by atoms with Crippen molar-refractivity contribution in [3.63, 3.8) is 0 Å². The molecule has 104 valence electrons. The first-order valence-corrected chi connectivity index (χ1v) is 6.54. The van der Waals surface area contributed by atoms with E-state index in [0.717, 1.165) is 19.3 Å². The fourth-order valence-electron chi connectivity index (χ4n) is 3.18. The second-order valence-electron chi connectivity index (χ2n) is 6.84. The highest BCUT2D eigenvalue weighted by atomic mass is 16.6. The van der Waals surface area contributed by atoms with Gasteiger partial charge in [-0.2, -0.15) is 0 Å². The standard InChI is InChI=1S/C13H19N3O3/c1-8-15-16-9(18-8)12-5-13(6-12,7-12)14-10(17)19-11(2,3)4/h5-7H2,1-4H3,(H,14,17). The van der Waals surface area contributed by atoms with Crippen molar-refractivity contribution in [3.8, 4) is 0 Å². The van der Waals surface area contributed by atoms with Crippen LogP contribution in [0.3, 0.4) is 0 Å². The van der Waals surface area contributed by atoms with Gasteiger partial charge >= 0.3 is 6.09 Å². The number of ether oxygens (including phenoxy) is 1. The van der Waals surface area contributed by atoms with Crippen LogP contribution >= 0.6 is 0 Å². The number of hydrogen-bond acceptors (Lipinski definition) is 5. The highest BCUT2D eigenvalue weighted by Crippen LogP contribution is 2.67. The van der Waals surface area contributed by atoms with Gasteiger partial charge < -0.3 is 14.5 Å². The Hall–Kier alpha value is -1.59. The van der Waals surface area contributed by atoms with Crippen molar-refractivity contribution in [2.45, 2.75) is 63.5 Å². The Morgan fingerprint density at radius 3 is 2.42 bits per heavy atom. The Labute approximate surface area is 111 Å². The number of hydrogen-bond donors (Lipinski definition) is 1. The van der Waals surface area contributed by atoms with Crippen molar-refractivity contribution in [2.75, 3.05) is 0 Å². The SMILES string of the molecule is Cc1nnc(C23CC(NC(=O)OC(C)(C)C)(C2)C3)o1. The first-order chi connectivity index (χ1) is 8.72. The molecule has 1 aromatic heterocycles. The van der Waals surface area contributed by atoms with Gasteiger partial charge in [0.15, 0.2) is 0 Å². The maximum absolute atomic E-state index is 11.8. The van der Waals surface area contributed by atoms with Crippen molar-refractivity contribution in [2.24, 2.45) is 0 Å². The number of alkyl carbamates (subject to hydrolysis) is 1. The largest absolute Gasteiger partial charge is 0.444 e. The van der Waals surface area contributed by atoms with E-state index in [-0.39, 0.29) is 17.0 Å². The van der Waals surface area contributed by atoms with E-state index in [0.29, 0.717) is 11.8 Å². The van der Waals surface area contributed by atoms with E-state index >= 15 is 0 Å². The molecule has 1 heterocycles. The Morgan fingerprint density at radius 2 is 1.95 bits per heavy atom. The van der Waals surface area contributed by atoms with Gasteiger partial charge in [-0.05, 0) is 40.0 Å². The molecule has 0 spiro atoms. The van der Waals surface area contributed by atoms with E-state index in [4.69, 9.17) is 9.15 Å². The van der Waals surface area contributed by atoms with Crippen LogP contribution in [0.25, 0.3) is 0 Å². The minimum absolute atomic E-state index is 0.00370. The molecule has 0 radical (unpaired) electrons. The smallest absolute Gasteiger partial charge is 0.408 e. The molecular weight excluding hydrogens is 246 g/mol. The molecule has 1 N–H and O–H groups in total. The zero-order chi connectivity index (χ0) is 13.9. The van der Waals surface area contributed by atoms with E-state index in [2.05, 4.69) is 15.5 Å². The molecule has 0 atom stereocenters. The van der Waals surface area contributed by atoms with Gasteiger partial charge in [0.25, 0.3) is 0 Å². The normalized spacial score (nSPS) is 32.2. The van der Waals surface area contributed by atoms with Crippen LogP contribution in [0, 0.1) is 6.92 Å². The third-order valence-corrected chi connectivity index (χ3v) is 3.78. The predicted octanol–water partition coefficient (Wildman–Crippen LogP) is 2.08. The second kappa shape index (κ2) is 3.49. The molecule has 0 aliphatic heterocycles. The maximum Gasteiger partial charge on any atom is 0.408 e. The molecule has 1 amide bonds. The highest BCUT2D eigenvalue weighted by molar-refractivity contribution is 5.70. The zero-order valence-corrected chi connectivity index (χ0v) is 11.7. The molecule has 3 saturated carbocycles. The van der Waals surface area contributed by atoms with E-state index in [1.54, 1.807) is 6.92 Å². The minimum Gasteiger partial charge on any atom is -0.444 e. The summed E-state index contributed by atoms with van der Waals surface area (Å²) in [5.74, 6) is 1.30. The number of amides is 1. The molecule has 6 nitrogen and oxygen atoms in total. The van der Waals surface area contributed by atoms with Gasteiger partial charge in [-0.3, -0.25) is 0 Å². The van der Waals surface area contributed by atoms with Crippen LogP contribution < -0.4 is 5.32 Å². The van der Waals surface area contributed by atoms with Gasteiger partial charge in [0.05, 0.1) is 5.41 Å². The lowest BCUT2D eigenvalue weighted by molar-refractivity contribution is -0.103. The van der Waals surface area contributed by atoms with Crippen LogP contribution in [0.2, 0.25) is 0 Å².